The fraction of sp³-hybridized carbons (Fsp3) is 0.0870. The first-order chi connectivity index (χ1) is 15.0. The van der Waals surface area contributed by atoms with Crippen molar-refractivity contribution in [2.75, 3.05) is 12.4 Å². The Labute approximate surface area is 184 Å². The van der Waals surface area contributed by atoms with Crippen LogP contribution in [-0.4, -0.2) is 25.1 Å². The maximum Gasteiger partial charge on any atom is 0.329 e. The van der Waals surface area contributed by atoms with Crippen molar-refractivity contribution in [3.05, 3.63) is 88.9 Å². The number of hydrogen-bond donors (Lipinski definition) is 2. The van der Waals surface area contributed by atoms with Crippen molar-refractivity contribution in [2.45, 2.75) is 6.61 Å². The molecule has 0 unspecified atom stereocenters. The van der Waals surface area contributed by atoms with Crippen molar-refractivity contribution >= 4 is 35.3 Å². The molecule has 3 aromatic carbocycles. The molecule has 2 N–H and O–H groups in total. The number of benzene rings is 3. The summed E-state index contributed by atoms with van der Waals surface area (Å²) >= 11 is 6.00. The molecule has 3 aromatic rings. The Hall–Kier alpha value is -3.84. The molecule has 0 radical (unpaired) electrons. The molecule has 2 amide bonds. The maximum atomic E-state index is 12.0. The lowest BCUT2D eigenvalue weighted by Gasteiger charge is -2.07. The molecule has 0 fully saturated rings. The summed E-state index contributed by atoms with van der Waals surface area (Å²) in [6.07, 6.45) is 1.43. The fourth-order valence-electron chi connectivity index (χ4n) is 2.54. The van der Waals surface area contributed by atoms with E-state index in [1.54, 1.807) is 36.4 Å². The van der Waals surface area contributed by atoms with Gasteiger partial charge in [0.15, 0.2) is 0 Å². The van der Waals surface area contributed by atoms with E-state index in [0.717, 1.165) is 11.1 Å². The highest BCUT2D eigenvalue weighted by Crippen LogP contribution is 2.27. The van der Waals surface area contributed by atoms with E-state index in [4.69, 9.17) is 21.1 Å². The molecule has 7 nitrogen and oxygen atoms in total. The quantitative estimate of drug-likeness (QED) is 0.332. The van der Waals surface area contributed by atoms with Crippen molar-refractivity contribution in [2.24, 2.45) is 5.10 Å². The normalized spacial score (nSPS) is 10.5. The molecule has 0 saturated heterocycles. The summed E-state index contributed by atoms with van der Waals surface area (Å²) in [6.45, 7) is 0.471. The molecule has 0 bridgehead atoms. The third-order valence-corrected chi connectivity index (χ3v) is 4.42. The van der Waals surface area contributed by atoms with Crippen molar-refractivity contribution in [1.29, 1.82) is 0 Å². The van der Waals surface area contributed by atoms with Crippen LogP contribution < -0.4 is 20.2 Å². The Kier molecular flexibility index (Phi) is 7.61. The molecule has 0 aromatic heterocycles. The van der Waals surface area contributed by atoms with Gasteiger partial charge < -0.3 is 14.8 Å². The van der Waals surface area contributed by atoms with E-state index < -0.39 is 11.8 Å². The van der Waals surface area contributed by atoms with Crippen LogP contribution in [0.4, 0.5) is 5.69 Å². The van der Waals surface area contributed by atoms with E-state index in [1.807, 2.05) is 30.3 Å². The predicted molar refractivity (Wildman–Crippen MR) is 120 cm³/mol. The zero-order chi connectivity index (χ0) is 22.1. The summed E-state index contributed by atoms with van der Waals surface area (Å²) in [5.74, 6) is -0.609. The van der Waals surface area contributed by atoms with E-state index in [0.29, 0.717) is 28.8 Å². The van der Waals surface area contributed by atoms with Gasteiger partial charge in [-0.05, 0) is 53.6 Å². The second kappa shape index (κ2) is 10.8. The lowest BCUT2D eigenvalue weighted by Crippen LogP contribution is -2.32. The number of rotatable bonds is 7. The second-order valence-electron chi connectivity index (χ2n) is 6.35. The summed E-state index contributed by atoms with van der Waals surface area (Å²) in [4.78, 5) is 23.9. The highest BCUT2D eigenvalue weighted by molar-refractivity contribution is 6.40. The zero-order valence-electron chi connectivity index (χ0n) is 16.7. The lowest BCUT2D eigenvalue weighted by atomic mass is 10.2. The minimum absolute atomic E-state index is 0.315. The molecule has 0 aliphatic carbocycles. The number of carbonyl (C=O) groups excluding carboxylic acids is 2. The van der Waals surface area contributed by atoms with E-state index in [-0.39, 0.29) is 0 Å². The van der Waals surface area contributed by atoms with E-state index in [1.165, 1.54) is 19.4 Å². The minimum Gasteiger partial charge on any atom is -0.495 e. The zero-order valence-corrected chi connectivity index (χ0v) is 17.4. The highest BCUT2D eigenvalue weighted by Gasteiger charge is 2.13. The van der Waals surface area contributed by atoms with Gasteiger partial charge in [-0.1, -0.05) is 41.9 Å². The number of carbonyl (C=O) groups is 2. The monoisotopic (exact) mass is 437 g/mol. The first-order valence-corrected chi connectivity index (χ1v) is 9.67. The number of hydrogen-bond acceptors (Lipinski definition) is 5. The molecule has 0 heterocycles. The molecule has 0 aliphatic rings. The third-order valence-electron chi connectivity index (χ3n) is 4.12. The minimum atomic E-state index is -0.911. The van der Waals surface area contributed by atoms with E-state index >= 15 is 0 Å². The Morgan fingerprint density at radius 3 is 2.42 bits per heavy atom. The van der Waals surface area contributed by atoms with Crippen LogP contribution in [0.15, 0.2) is 77.9 Å². The van der Waals surface area contributed by atoms with Gasteiger partial charge in [0.2, 0.25) is 0 Å². The van der Waals surface area contributed by atoms with Gasteiger partial charge in [-0.2, -0.15) is 5.10 Å². The molecule has 0 spiro atoms. The topological polar surface area (TPSA) is 89.0 Å². The number of hydrazone groups is 1. The molecule has 0 saturated carbocycles. The number of amides is 2. The summed E-state index contributed by atoms with van der Waals surface area (Å²) < 4.78 is 10.8. The van der Waals surface area contributed by atoms with Gasteiger partial charge in [0.1, 0.15) is 18.1 Å². The smallest absolute Gasteiger partial charge is 0.329 e. The standard InChI is InChI=1S/C23H20ClN3O4/c1-30-21-12-9-18(13-20(21)24)26-22(28)23(29)27-25-14-16-7-10-19(11-8-16)31-15-17-5-3-2-4-6-17/h2-14H,15H2,1H3,(H,26,28)(H,27,29)/b25-14-. The van der Waals surface area contributed by atoms with Crippen molar-refractivity contribution in [3.8, 4) is 11.5 Å². The fourth-order valence-corrected chi connectivity index (χ4v) is 2.80. The van der Waals surface area contributed by atoms with Gasteiger partial charge in [-0.25, -0.2) is 5.43 Å². The van der Waals surface area contributed by atoms with Gasteiger partial charge in [0.25, 0.3) is 0 Å². The van der Waals surface area contributed by atoms with Crippen LogP contribution in [0.3, 0.4) is 0 Å². The molecule has 3 rings (SSSR count). The van der Waals surface area contributed by atoms with Crippen molar-refractivity contribution in [1.82, 2.24) is 5.43 Å². The SMILES string of the molecule is COc1ccc(NC(=O)C(=O)N/N=C\c2ccc(OCc3ccccc3)cc2)cc1Cl. The van der Waals surface area contributed by atoms with Crippen LogP contribution in [0.25, 0.3) is 0 Å². The second-order valence-corrected chi connectivity index (χ2v) is 6.75. The lowest BCUT2D eigenvalue weighted by molar-refractivity contribution is -0.136. The summed E-state index contributed by atoms with van der Waals surface area (Å²) in [6, 6.07) is 21.7. The summed E-state index contributed by atoms with van der Waals surface area (Å²) in [5, 5.41) is 6.55. The number of anilines is 1. The van der Waals surface area contributed by atoms with E-state index in [2.05, 4.69) is 15.8 Å². The Bertz CT molecular complexity index is 1070. The molecule has 31 heavy (non-hydrogen) atoms. The van der Waals surface area contributed by atoms with E-state index in [9.17, 15) is 9.59 Å². The average Bonchev–Trinajstić information content (AvgIpc) is 2.79. The number of nitrogens with one attached hydrogen (secondary N) is 2. The van der Waals surface area contributed by atoms with Crippen LogP contribution in [-0.2, 0) is 16.2 Å². The largest absolute Gasteiger partial charge is 0.495 e. The van der Waals surface area contributed by atoms with Crippen molar-refractivity contribution < 1.29 is 19.1 Å². The third kappa shape index (κ3) is 6.58. The first-order valence-electron chi connectivity index (χ1n) is 9.30. The summed E-state index contributed by atoms with van der Waals surface area (Å²) in [5.41, 5.74) is 4.35. The predicted octanol–water partition coefficient (Wildman–Crippen LogP) is 4.02. The van der Waals surface area contributed by atoms with Gasteiger partial charge in [0.05, 0.1) is 18.3 Å². The van der Waals surface area contributed by atoms with Crippen LogP contribution in [0.2, 0.25) is 5.02 Å². The Morgan fingerprint density at radius 1 is 1.00 bits per heavy atom. The number of nitrogens with zero attached hydrogens (tertiary/aromatic N) is 1. The molecule has 0 aliphatic heterocycles. The van der Waals surface area contributed by atoms with Gasteiger partial charge >= 0.3 is 11.8 Å². The van der Waals surface area contributed by atoms with Gasteiger partial charge in [-0.15, -0.1) is 0 Å². The number of ether oxygens (including phenoxy) is 2. The Morgan fingerprint density at radius 2 is 1.74 bits per heavy atom. The molecular weight excluding hydrogens is 418 g/mol. The average molecular weight is 438 g/mol. The molecule has 0 atom stereocenters. The molecule has 8 heteroatoms. The molecular formula is C23H20ClN3O4. The Balaban J connectivity index is 1.47. The molecule has 158 valence electrons. The van der Waals surface area contributed by atoms with Gasteiger partial charge in [0, 0.05) is 5.69 Å². The number of methoxy groups -OCH3 is 1. The van der Waals surface area contributed by atoms with Crippen LogP contribution in [0.1, 0.15) is 11.1 Å². The number of halogens is 1. The summed E-state index contributed by atoms with van der Waals surface area (Å²) in [7, 11) is 1.48. The van der Waals surface area contributed by atoms with Crippen LogP contribution in [0.5, 0.6) is 11.5 Å². The van der Waals surface area contributed by atoms with Crippen molar-refractivity contribution in [3.63, 3.8) is 0 Å². The first kappa shape index (κ1) is 21.9. The van der Waals surface area contributed by atoms with Gasteiger partial charge in [-0.3, -0.25) is 9.59 Å². The maximum absolute atomic E-state index is 12.0. The highest BCUT2D eigenvalue weighted by atomic mass is 35.5. The van der Waals surface area contributed by atoms with Crippen LogP contribution >= 0.6 is 11.6 Å². The van der Waals surface area contributed by atoms with Crippen LogP contribution in [0, 0.1) is 0 Å².